The number of aryl methyl sites for hydroxylation is 2. The lowest BCUT2D eigenvalue weighted by atomic mass is 9.79. The number of fused-ring (bicyclic) bond motifs is 1. The normalized spacial score (nSPS) is 19.3. The Hall–Kier alpha value is -4.81. The number of amides is 2. The van der Waals surface area contributed by atoms with E-state index in [0.29, 0.717) is 67.2 Å². The Bertz CT molecular complexity index is 2050. The van der Waals surface area contributed by atoms with E-state index >= 15 is 0 Å². The monoisotopic (exact) mass is 680 g/mol. The van der Waals surface area contributed by atoms with Crippen LogP contribution in [0.25, 0.3) is 21.5 Å². The quantitative estimate of drug-likeness (QED) is 0.269. The molecule has 2 amide bonds. The van der Waals surface area contributed by atoms with Gasteiger partial charge in [0.25, 0.3) is 11.5 Å². The first-order chi connectivity index (χ1) is 23.6. The zero-order chi connectivity index (χ0) is 34.3. The molecular formula is C37H40N6O5S. The van der Waals surface area contributed by atoms with Crippen LogP contribution in [0, 0.1) is 12.8 Å². The standard InChI is InChI=1S/C37H40N6O5S/c1-24-19-30(26-9-10-31(48-3)38-20-26)49-32(24)36(46)42-16-12-27(29(21-42)25-7-5-4-6-8-25)34(44)41-17-13-37(47,14-18-41)22-43-23-39-33-28(35(43)45)11-15-40(33)2/h4-11,15,19-20,23,27,29,47H,12-14,16-18,21-22H2,1-3H3/t27-,29+/m1/s1. The van der Waals surface area contributed by atoms with Gasteiger partial charge in [-0.05, 0) is 55.5 Å². The number of benzene rings is 1. The highest BCUT2D eigenvalue weighted by Crippen LogP contribution is 2.38. The predicted molar refractivity (Wildman–Crippen MR) is 188 cm³/mol. The minimum Gasteiger partial charge on any atom is -0.481 e. The van der Waals surface area contributed by atoms with Crippen LogP contribution in [0.4, 0.5) is 0 Å². The van der Waals surface area contributed by atoms with E-state index in [9.17, 15) is 19.5 Å². The summed E-state index contributed by atoms with van der Waals surface area (Å²) in [5.74, 6) is 0.0984. The lowest BCUT2D eigenvalue weighted by Gasteiger charge is -2.43. The third kappa shape index (κ3) is 6.38. The van der Waals surface area contributed by atoms with Crippen LogP contribution in [-0.2, 0) is 18.4 Å². The van der Waals surface area contributed by atoms with Gasteiger partial charge in [0.1, 0.15) is 12.0 Å². The summed E-state index contributed by atoms with van der Waals surface area (Å²) in [7, 11) is 3.42. The van der Waals surface area contributed by atoms with Crippen molar-refractivity contribution in [2.45, 2.75) is 44.2 Å². The smallest absolute Gasteiger partial charge is 0.264 e. The maximum Gasteiger partial charge on any atom is 0.264 e. The van der Waals surface area contributed by atoms with Gasteiger partial charge < -0.3 is 24.2 Å². The second-order valence-corrected chi connectivity index (χ2v) is 14.3. The van der Waals surface area contributed by atoms with Crippen molar-refractivity contribution in [3.8, 4) is 16.3 Å². The highest BCUT2D eigenvalue weighted by Gasteiger charge is 2.42. The zero-order valence-corrected chi connectivity index (χ0v) is 28.7. The highest BCUT2D eigenvalue weighted by atomic mass is 32.1. The minimum atomic E-state index is -1.13. The van der Waals surface area contributed by atoms with Crippen molar-refractivity contribution in [2.24, 2.45) is 13.0 Å². The molecule has 0 unspecified atom stereocenters. The Kier molecular flexibility index (Phi) is 8.84. The number of nitrogens with zero attached hydrogens (tertiary/aromatic N) is 6. The summed E-state index contributed by atoms with van der Waals surface area (Å²) < 4.78 is 8.46. The SMILES string of the molecule is COc1ccc(-c2cc(C)c(C(=O)N3CC[C@@H](C(=O)N4CCC(O)(Cn5cnc6c(ccn6C)c5=O)CC4)[C@H](c4ccccc4)C3)s2)cn1. The molecule has 254 valence electrons. The fourth-order valence-corrected chi connectivity index (χ4v) is 8.37. The molecule has 0 saturated carbocycles. The van der Waals surface area contributed by atoms with Gasteiger partial charge in [0.15, 0.2) is 0 Å². The number of pyridine rings is 1. The molecule has 5 aromatic rings. The largest absolute Gasteiger partial charge is 0.481 e. The number of carbonyl (C=O) groups is 2. The molecule has 7 rings (SSSR count). The van der Waals surface area contributed by atoms with Crippen LogP contribution >= 0.6 is 11.3 Å². The first-order valence-corrected chi connectivity index (χ1v) is 17.4. The number of piperidine rings is 2. The third-order valence-electron chi connectivity index (χ3n) is 10.1. The molecular weight excluding hydrogens is 641 g/mol. The molecule has 2 atom stereocenters. The highest BCUT2D eigenvalue weighted by molar-refractivity contribution is 7.17. The van der Waals surface area contributed by atoms with E-state index in [4.69, 9.17) is 4.74 Å². The Morgan fingerprint density at radius 1 is 1.04 bits per heavy atom. The molecule has 2 fully saturated rings. The molecule has 0 spiro atoms. The number of ether oxygens (including phenoxy) is 1. The predicted octanol–water partition coefficient (Wildman–Crippen LogP) is 4.48. The van der Waals surface area contributed by atoms with Crippen LogP contribution in [0.2, 0.25) is 0 Å². The van der Waals surface area contributed by atoms with Crippen LogP contribution in [0.5, 0.6) is 5.88 Å². The Balaban J connectivity index is 1.05. The van der Waals surface area contributed by atoms with Crippen LogP contribution < -0.4 is 10.3 Å². The molecule has 0 bridgehead atoms. The molecule has 11 nitrogen and oxygen atoms in total. The van der Waals surface area contributed by atoms with Crippen molar-refractivity contribution in [1.29, 1.82) is 0 Å². The van der Waals surface area contributed by atoms with E-state index in [2.05, 4.69) is 9.97 Å². The van der Waals surface area contributed by atoms with Crippen LogP contribution in [0.3, 0.4) is 0 Å². The Labute approximate surface area is 288 Å². The lowest BCUT2D eigenvalue weighted by Crippen LogP contribution is -2.53. The summed E-state index contributed by atoms with van der Waals surface area (Å²) in [6.07, 6.45) is 6.30. The van der Waals surface area contributed by atoms with Crippen molar-refractivity contribution >= 4 is 34.2 Å². The number of aliphatic hydroxyl groups is 1. The first kappa shape index (κ1) is 32.7. The average Bonchev–Trinajstić information content (AvgIpc) is 3.71. The molecule has 12 heteroatoms. The van der Waals surface area contributed by atoms with Crippen LogP contribution in [0.1, 0.15) is 46.0 Å². The van der Waals surface area contributed by atoms with E-state index in [0.717, 1.165) is 21.6 Å². The van der Waals surface area contributed by atoms with Gasteiger partial charge in [-0.1, -0.05) is 30.3 Å². The fraction of sp³-hybridized carbons (Fsp3) is 0.378. The van der Waals surface area contributed by atoms with Gasteiger partial charge in [0.2, 0.25) is 11.8 Å². The number of likely N-dealkylation sites (tertiary alicyclic amines) is 2. The topological polar surface area (TPSA) is 123 Å². The number of thiophene rings is 1. The summed E-state index contributed by atoms with van der Waals surface area (Å²) >= 11 is 1.46. The molecule has 2 saturated heterocycles. The van der Waals surface area contributed by atoms with Crippen LogP contribution in [0.15, 0.2) is 78.1 Å². The molecule has 0 aliphatic carbocycles. The molecule has 0 radical (unpaired) electrons. The number of rotatable bonds is 7. The van der Waals surface area contributed by atoms with Gasteiger partial charge in [-0.2, -0.15) is 0 Å². The van der Waals surface area contributed by atoms with E-state index in [1.807, 2.05) is 72.3 Å². The maximum atomic E-state index is 14.2. The molecule has 6 heterocycles. The second-order valence-electron chi connectivity index (χ2n) is 13.3. The van der Waals surface area contributed by atoms with Crippen molar-refractivity contribution in [2.75, 3.05) is 33.3 Å². The maximum absolute atomic E-state index is 14.2. The summed E-state index contributed by atoms with van der Waals surface area (Å²) in [4.78, 5) is 55.4. The number of aromatic nitrogens is 4. The van der Waals surface area contributed by atoms with Crippen molar-refractivity contribution in [3.05, 3.63) is 99.7 Å². The first-order valence-electron chi connectivity index (χ1n) is 16.6. The summed E-state index contributed by atoms with van der Waals surface area (Å²) in [6.45, 7) is 3.78. The lowest BCUT2D eigenvalue weighted by molar-refractivity contribution is -0.142. The van der Waals surface area contributed by atoms with Gasteiger partial charge in [-0.15, -0.1) is 11.3 Å². The van der Waals surface area contributed by atoms with E-state index in [1.54, 1.807) is 30.1 Å². The number of hydrogen-bond acceptors (Lipinski definition) is 8. The molecule has 1 N–H and O–H groups in total. The van der Waals surface area contributed by atoms with Crippen molar-refractivity contribution in [1.82, 2.24) is 28.9 Å². The van der Waals surface area contributed by atoms with Gasteiger partial charge in [0, 0.05) is 74.0 Å². The van der Waals surface area contributed by atoms with Gasteiger partial charge in [0.05, 0.1) is 29.5 Å². The molecule has 49 heavy (non-hydrogen) atoms. The van der Waals surface area contributed by atoms with Gasteiger partial charge in [-0.3, -0.25) is 19.0 Å². The van der Waals surface area contributed by atoms with E-state index < -0.39 is 5.60 Å². The number of hydrogen-bond donors (Lipinski definition) is 1. The molecule has 2 aliphatic rings. The third-order valence-corrected chi connectivity index (χ3v) is 11.4. The molecule has 1 aromatic carbocycles. The molecule has 4 aromatic heterocycles. The Morgan fingerprint density at radius 2 is 1.82 bits per heavy atom. The van der Waals surface area contributed by atoms with Gasteiger partial charge in [-0.25, -0.2) is 9.97 Å². The van der Waals surface area contributed by atoms with Gasteiger partial charge >= 0.3 is 0 Å². The number of carbonyl (C=O) groups excluding carboxylic acids is 2. The summed E-state index contributed by atoms with van der Waals surface area (Å²) in [6, 6.07) is 17.5. The second kappa shape index (κ2) is 13.2. The number of methoxy groups -OCH3 is 1. The molecule has 2 aliphatic heterocycles. The Morgan fingerprint density at radius 3 is 2.53 bits per heavy atom. The summed E-state index contributed by atoms with van der Waals surface area (Å²) in [5, 5.41) is 12.0. The van der Waals surface area contributed by atoms with E-state index in [-0.39, 0.29) is 35.8 Å². The summed E-state index contributed by atoms with van der Waals surface area (Å²) in [5.41, 5.74) is 2.17. The minimum absolute atomic E-state index is 0.0245. The average molecular weight is 681 g/mol. The van der Waals surface area contributed by atoms with Crippen LogP contribution in [-0.4, -0.2) is 84.7 Å². The van der Waals surface area contributed by atoms with Crippen molar-refractivity contribution in [3.63, 3.8) is 0 Å². The zero-order valence-electron chi connectivity index (χ0n) is 27.9. The van der Waals surface area contributed by atoms with E-state index in [1.165, 1.54) is 22.2 Å². The van der Waals surface area contributed by atoms with Crippen molar-refractivity contribution < 1.29 is 19.4 Å². The fourth-order valence-electron chi connectivity index (χ4n) is 7.24.